The molecule has 4 nitrogen and oxygen atoms in total. The van der Waals surface area contributed by atoms with Crippen molar-refractivity contribution in [2.45, 2.75) is 32.3 Å². The number of hydrogen-bond acceptors (Lipinski definition) is 3. The van der Waals surface area contributed by atoms with Crippen LogP contribution in [0.4, 0.5) is 0 Å². The van der Waals surface area contributed by atoms with Crippen molar-refractivity contribution in [1.29, 1.82) is 0 Å². The Labute approximate surface area is 97.1 Å². The van der Waals surface area contributed by atoms with Crippen molar-refractivity contribution in [3.63, 3.8) is 0 Å². The monoisotopic (exact) mass is 226 g/mol. The minimum absolute atomic E-state index is 0.144. The number of ether oxygens (including phenoxy) is 1. The first-order valence-electron chi connectivity index (χ1n) is 6.35. The van der Waals surface area contributed by atoms with Crippen molar-refractivity contribution in [1.82, 2.24) is 10.6 Å². The predicted molar refractivity (Wildman–Crippen MR) is 62.1 cm³/mol. The Balaban J connectivity index is 1.70. The van der Waals surface area contributed by atoms with E-state index in [1.807, 2.05) is 0 Å². The lowest BCUT2D eigenvalue weighted by molar-refractivity contribution is -0.126. The summed E-state index contributed by atoms with van der Waals surface area (Å²) in [6.07, 6.45) is 3.46. The first-order valence-corrected chi connectivity index (χ1v) is 6.35. The zero-order valence-corrected chi connectivity index (χ0v) is 10.00. The van der Waals surface area contributed by atoms with Gasteiger partial charge in [-0.3, -0.25) is 4.79 Å². The van der Waals surface area contributed by atoms with Crippen LogP contribution in [0.15, 0.2) is 0 Å². The van der Waals surface area contributed by atoms with Crippen LogP contribution in [-0.4, -0.2) is 38.3 Å². The number of amides is 1. The third kappa shape index (κ3) is 3.19. The molecule has 3 atom stereocenters. The average Bonchev–Trinajstić information content (AvgIpc) is 2.78. The van der Waals surface area contributed by atoms with Crippen LogP contribution in [0, 0.1) is 11.8 Å². The molecule has 2 fully saturated rings. The van der Waals surface area contributed by atoms with Crippen LogP contribution in [0.1, 0.15) is 26.2 Å². The third-order valence-electron chi connectivity index (χ3n) is 3.47. The molecule has 2 heterocycles. The van der Waals surface area contributed by atoms with Gasteiger partial charge in [-0.2, -0.15) is 0 Å². The summed E-state index contributed by atoms with van der Waals surface area (Å²) in [5.74, 6) is 0.937. The van der Waals surface area contributed by atoms with Gasteiger partial charge in [0.2, 0.25) is 5.91 Å². The van der Waals surface area contributed by atoms with Crippen molar-refractivity contribution in [3.05, 3.63) is 0 Å². The first kappa shape index (κ1) is 11.9. The molecule has 0 aromatic heterocycles. The third-order valence-corrected chi connectivity index (χ3v) is 3.47. The number of hydrogen-bond donors (Lipinski definition) is 2. The second-order valence-corrected chi connectivity index (χ2v) is 5.08. The molecular formula is C12H22N2O2. The van der Waals surface area contributed by atoms with Crippen molar-refractivity contribution >= 4 is 5.91 Å². The summed E-state index contributed by atoms with van der Waals surface area (Å²) in [5.41, 5.74) is 0. The van der Waals surface area contributed by atoms with E-state index in [9.17, 15) is 4.79 Å². The Morgan fingerprint density at radius 3 is 3.06 bits per heavy atom. The predicted octanol–water partition coefficient (Wildman–Crippen LogP) is 0.527. The summed E-state index contributed by atoms with van der Waals surface area (Å²) < 4.78 is 5.48. The molecule has 2 aliphatic heterocycles. The number of nitrogens with one attached hydrogen (secondary N) is 2. The fourth-order valence-corrected chi connectivity index (χ4v) is 2.52. The highest BCUT2D eigenvalue weighted by molar-refractivity contribution is 5.79. The first-order chi connectivity index (χ1) is 7.75. The lowest BCUT2D eigenvalue weighted by atomic mass is 9.91. The van der Waals surface area contributed by atoms with E-state index in [2.05, 4.69) is 17.6 Å². The van der Waals surface area contributed by atoms with Crippen LogP contribution in [0.5, 0.6) is 0 Å². The molecule has 0 bridgehead atoms. The molecule has 2 rings (SSSR count). The van der Waals surface area contributed by atoms with Gasteiger partial charge in [0.05, 0.1) is 12.0 Å². The summed E-state index contributed by atoms with van der Waals surface area (Å²) >= 11 is 0. The van der Waals surface area contributed by atoms with Crippen LogP contribution in [0.3, 0.4) is 0 Å². The van der Waals surface area contributed by atoms with Crippen LogP contribution in [0.25, 0.3) is 0 Å². The summed E-state index contributed by atoms with van der Waals surface area (Å²) in [4.78, 5) is 11.9. The fraction of sp³-hybridized carbons (Fsp3) is 0.917. The molecule has 2 N–H and O–H groups in total. The molecule has 0 radical (unpaired) electrons. The second kappa shape index (κ2) is 5.64. The van der Waals surface area contributed by atoms with Crippen molar-refractivity contribution in [3.8, 4) is 0 Å². The number of carbonyl (C=O) groups is 1. The molecule has 3 unspecified atom stereocenters. The maximum absolute atomic E-state index is 11.9. The van der Waals surface area contributed by atoms with Crippen LogP contribution in [0.2, 0.25) is 0 Å². The molecule has 0 saturated carbocycles. The van der Waals surface area contributed by atoms with Gasteiger partial charge in [0, 0.05) is 19.7 Å². The van der Waals surface area contributed by atoms with E-state index in [1.54, 1.807) is 0 Å². The zero-order valence-electron chi connectivity index (χ0n) is 10.00. The van der Waals surface area contributed by atoms with Gasteiger partial charge in [-0.25, -0.2) is 0 Å². The summed E-state index contributed by atoms with van der Waals surface area (Å²) in [5, 5.41) is 6.31. The maximum atomic E-state index is 11.9. The summed E-state index contributed by atoms with van der Waals surface area (Å²) in [7, 11) is 0. The Morgan fingerprint density at radius 2 is 2.38 bits per heavy atom. The maximum Gasteiger partial charge on any atom is 0.224 e. The van der Waals surface area contributed by atoms with Gasteiger partial charge in [0.15, 0.2) is 0 Å². The topological polar surface area (TPSA) is 50.4 Å². The standard InChI is InChI=1S/C12H22N2O2/c1-9-5-10(7-13-6-9)12(15)14-8-11-3-2-4-16-11/h9-11,13H,2-8H2,1H3,(H,14,15). The molecule has 2 aliphatic rings. The van der Waals surface area contributed by atoms with E-state index >= 15 is 0 Å². The fourth-order valence-electron chi connectivity index (χ4n) is 2.52. The molecule has 0 aromatic carbocycles. The van der Waals surface area contributed by atoms with Crippen LogP contribution in [-0.2, 0) is 9.53 Å². The number of rotatable bonds is 3. The molecule has 0 aromatic rings. The van der Waals surface area contributed by atoms with Crippen molar-refractivity contribution in [2.24, 2.45) is 11.8 Å². The Hall–Kier alpha value is -0.610. The van der Waals surface area contributed by atoms with Gasteiger partial charge in [-0.1, -0.05) is 6.92 Å². The van der Waals surface area contributed by atoms with Crippen molar-refractivity contribution in [2.75, 3.05) is 26.2 Å². The molecule has 0 spiro atoms. The van der Waals surface area contributed by atoms with Gasteiger partial charge < -0.3 is 15.4 Å². The Kier molecular flexibility index (Phi) is 4.18. The molecule has 0 aliphatic carbocycles. The summed E-state index contributed by atoms with van der Waals surface area (Å²) in [6, 6.07) is 0. The SMILES string of the molecule is CC1CNCC(C(=O)NCC2CCCO2)C1. The smallest absolute Gasteiger partial charge is 0.224 e. The highest BCUT2D eigenvalue weighted by Gasteiger charge is 2.25. The number of carbonyl (C=O) groups excluding carboxylic acids is 1. The minimum Gasteiger partial charge on any atom is -0.376 e. The highest BCUT2D eigenvalue weighted by atomic mass is 16.5. The average molecular weight is 226 g/mol. The van der Waals surface area contributed by atoms with E-state index < -0.39 is 0 Å². The Bertz CT molecular complexity index is 239. The minimum atomic E-state index is 0.144. The van der Waals surface area contributed by atoms with E-state index in [-0.39, 0.29) is 17.9 Å². The lowest BCUT2D eigenvalue weighted by Gasteiger charge is -2.27. The second-order valence-electron chi connectivity index (χ2n) is 5.08. The van der Waals surface area contributed by atoms with Gasteiger partial charge in [-0.15, -0.1) is 0 Å². The molecule has 92 valence electrons. The molecule has 4 heteroatoms. The Morgan fingerprint density at radius 1 is 1.50 bits per heavy atom. The van der Waals surface area contributed by atoms with Crippen LogP contribution >= 0.6 is 0 Å². The van der Waals surface area contributed by atoms with E-state index in [4.69, 9.17) is 4.74 Å². The van der Waals surface area contributed by atoms with Crippen molar-refractivity contribution < 1.29 is 9.53 Å². The quantitative estimate of drug-likeness (QED) is 0.738. The molecule has 1 amide bonds. The van der Waals surface area contributed by atoms with Gasteiger partial charge in [-0.05, 0) is 31.7 Å². The largest absolute Gasteiger partial charge is 0.376 e. The molecule has 2 saturated heterocycles. The van der Waals surface area contributed by atoms with E-state index in [1.165, 1.54) is 0 Å². The van der Waals surface area contributed by atoms with E-state index in [0.29, 0.717) is 12.5 Å². The summed E-state index contributed by atoms with van der Waals surface area (Å²) in [6.45, 7) is 5.58. The number of piperidine rings is 1. The zero-order chi connectivity index (χ0) is 11.4. The van der Waals surface area contributed by atoms with Gasteiger partial charge in [0.1, 0.15) is 0 Å². The lowest BCUT2D eigenvalue weighted by Crippen LogP contribution is -2.45. The molecule has 16 heavy (non-hydrogen) atoms. The molecular weight excluding hydrogens is 204 g/mol. The van der Waals surface area contributed by atoms with E-state index in [0.717, 1.165) is 39.0 Å². The van der Waals surface area contributed by atoms with Gasteiger partial charge >= 0.3 is 0 Å². The van der Waals surface area contributed by atoms with Crippen LogP contribution < -0.4 is 10.6 Å². The van der Waals surface area contributed by atoms with Gasteiger partial charge in [0.25, 0.3) is 0 Å². The highest BCUT2D eigenvalue weighted by Crippen LogP contribution is 2.16. The normalized spacial score (nSPS) is 34.9.